The van der Waals surface area contributed by atoms with Crippen molar-refractivity contribution in [2.45, 2.75) is 50.8 Å². The van der Waals surface area contributed by atoms with Gasteiger partial charge in [0.2, 0.25) is 5.91 Å². The molecule has 0 aliphatic rings. The van der Waals surface area contributed by atoms with Crippen molar-refractivity contribution >= 4 is 23.5 Å². The van der Waals surface area contributed by atoms with Gasteiger partial charge in [0.15, 0.2) is 34.5 Å². The van der Waals surface area contributed by atoms with Gasteiger partial charge >= 0.3 is 0 Å². The van der Waals surface area contributed by atoms with Crippen LogP contribution in [0.1, 0.15) is 38.5 Å². The molecule has 0 aliphatic heterocycles. The number of benzene rings is 1. The molecule has 10 heteroatoms. The van der Waals surface area contributed by atoms with Crippen molar-refractivity contribution in [3.8, 4) is 5.75 Å². The fourth-order valence-corrected chi connectivity index (χ4v) is 3.55. The third-order valence-corrected chi connectivity index (χ3v) is 5.18. The Bertz CT molecular complexity index is 990. The first-order valence-corrected chi connectivity index (χ1v) is 10.0. The molecule has 0 bridgehead atoms. The molecule has 1 aromatic carbocycles. The number of aromatic nitrogens is 4. The van der Waals surface area contributed by atoms with Crippen LogP contribution in [0.3, 0.4) is 0 Å². The maximum atomic E-state index is 13.9. The number of anilines is 1. The fourth-order valence-electron chi connectivity index (χ4n) is 2.63. The fraction of sp³-hybridized carbons (Fsp3) is 0.368. The van der Waals surface area contributed by atoms with E-state index >= 15 is 0 Å². The second kappa shape index (κ2) is 9.08. The first-order chi connectivity index (χ1) is 13.9. The van der Waals surface area contributed by atoms with Crippen LogP contribution in [0.15, 0.2) is 40.0 Å². The molecule has 8 nitrogen and oxygen atoms in total. The molecule has 29 heavy (non-hydrogen) atoms. The smallest absolute Gasteiger partial charge is 0.238 e. The number of para-hydroxylation sites is 1. The zero-order valence-corrected chi connectivity index (χ0v) is 17.4. The normalized spacial score (nSPS) is 13.1. The van der Waals surface area contributed by atoms with E-state index in [2.05, 4.69) is 20.7 Å². The highest BCUT2D eigenvalue weighted by Gasteiger charge is 2.23. The number of aryl methyl sites for hydroxylation is 1. The van der Waals surface area contributed by atoms with Crippen molar-refractivity contribution < 1.29 is 18.4 Å². The van der Waals surface area contributed by atoms with Crippen LogP contribution >= 0.6 is 11.8 Å². The lowest BCUT2D eigenvalue weighted by Gasteiger charge is -2.16. The van der Waals surface area contributed by atoms with Crippen molar-refractivity contribution in [1.82, 2.24) is 19.9 Å². The van der Waals surface area contributed by atoms with Crippen LogP contribution in [0.5, 0.6) is 5.75 Å². The maximum absolute atomic E-state index is 13.9. The van der Waals surface area contributed by atoms with E-state index in [1.54, 1.807) is 45.0 Å². The number of hydrogen-bond donors (Lipinski definition) is 1. The molecule has 0 fully saturated rings. The summed E-state index contributed by atoms with van der Waals surface area (Å²) in [7, 11) is 0. The maximum Gasteiger partial charge on any atom is 0.238 e. The predicted molar refractivity (Wildman–Crippen MR) is 106 cm³/mol. The van der Waals surface area contributed by atoms with Gasteiger partial charge in [-0.2, -0.15) is 0 Å². The molecule has 3 aromatic rings. The van der Waals surface area contributed by atoms with Crippen LogP contribution in [0.2, 0.25) is 0 Å². The zero-order chi connectivity index (χ0) is 21.0. The van der Waals surface area contributed by atoms with Gasteiger partial charge in [0, 0.05) is 12.6 Å². The van der Waals surface area contributed by atoms with Gasteiger partial charge in [0.25, 0.3) is 0 Å². The Balaban J connectivity index is 1.69. The molecule has 0 saturated carbocycles. The highest BCUT2D eigenvalue weighted by molar-refractivity contribution is 8.00. The number of nitrogens with one attached hydrogen (secondary N) is 1. The number of rotatable bonds is 8. The molecule has 1 amide bonds. The van der Waals surface area contributed by atoms with Gasteiger partial charge in [0.1, 0.15) is 5.76 Å². The van der Waals surface area contributed by atoms with Crippen LogP contribution in [0.4, 0.5) is 10.2 Å². The van der Waals surface area contributed by atoms with E-state index in [1.807, 2.05) is 11.5 Å². The van der Waals surface area contributed by atoms with E-state index in [0.29, 0.717) is 29.1 Å². The highest BCUT2D eigenvalue weighted by Crippen LogP contribution is 2.28. The average Bonchev–Trinajstić information content (AvgIpc) is 3.29. The van der Waals surface area contributed by atoms with Crippen molar-refractivity contribution in [2.24, 2.45) is 0 Å². The lowest BCUT2D eigenvalue weighted by atomic mass is 10.3. The molecule has 2 unspecified atom stereocenters. The second-order valence-corrected chi connectivity index (χ2v) is 7.66. The topological polar surface area (TPSA) is 95.1 Å². The van der Waals surface area contributed by atoms with Crippen molar-refractivity contribution in [1.29, 1.82) is 0 Å². The number of halogens is 1. The number of amides is 1. The van der Waals surface area contributed by atoms with Crippen LogP contribution in [0.25, 0.3) is 0 Å². The summed E-state index contributed by atoms with van der Waals surface area (Å²) in [6, 6.07) is 7.84. The summed E-state index contributed by atoms with van der Waals surface area (Å²) in [5, 5.41) is 15.0. The first kappa shape index (κ1) is 20.8. The lowest BCUT2D eigenvalue weighted by Crippen LogP contribution is -2.23. The SMILES string of the molecule is CCn1c(SC(C)C(=O)Nc2cc(C)on2)nnc1C(C)Oc1ccccc1F. The molecule has 0 spiro atoms. The van der Waals surface area contributed by atoms with Crippen molar-refractivity contribution in [3.63, 3.8) is 0 Å². The monoisotopic (exact) mass is 419 g/mol. The molecule has 0 aliphatic carbocycles. The summed E-state index contributed by atoms with van der Waals surface area (Å²) in [5.74, 6) is 1.01. The lowest BCUT2D eigenvalue weighted by molar-refractivity contribution is -0.115. The van der Waals surface area contributed by atoms with Gasteiger partial charge in [0.05, 0.1) is 5.25 Å². The molecular formula is C19H22FN5O3S. The number of thioether (sulfide) groups is 1. The van der Waals surface area contributed by atoms with Gasteiger partial charge < -0.3 is 19.1 Å². The molecule has 0 radical (unpaired) electrons. The average molecular weight is 419 g/mol. The summed E-state index contributed by atoms with van der Waals surface area (Å²) >= 11 is 1.27. The van der Waals surface area contributed by atoms with E-state index in [0.717, 1.165) is 0 Å². The van der Waals surface area contributed by atoms with Crippen molar-refractivity contribution in [3.05, 3.63) is 47.7 Å². The van der Waals surface area contributed by atoms with Crippen LogP contribution < -0.4 is 10.1 Å². The van der Waals surface area contributed by atoms with E-state index in [1.165, 1.54) is 17.8 Å². The third kappa shape index (κ3) is 4.94. The van der Waals surface area contributed by atoms with Crippen molar-refractivity contribution in [2.75, 3.05) is 5.32 Å². The summed E-state index contributed by atoms with van der Waals surface area (Å²) in [6.45, 7) is 7.80. The number of carbonyl (C=O) groups is 1. The van der Waals surface area contributed by atoms with Crippen LogP contribution in [-0.4, -0.2) is 31.1 Å². The number of carbonyl (C=O) groups excluding carboxylic acids is 1. The number of nitrogens with zero attached hydrogens (tertiary/aromatic N) is 4. The Kier molecular flexibility index (Phi) is 6.53. The molecule has 1 N–H and O–H groups in total. The molecule has 0 saturated heterocycles. The predicted octanol–water partition coefficient (Wildman–Crippen LogP) is 3.99. The van der Waals surface area contributed by atoms with E-state index in [-0.39, 0.29) is 11.7 Å². The second-order valence-electron chi connectivity index (χ2n) is 6.35. The number of hydrogen-bond acceptors (Lipinski definition) is 7. The Morgan fingerprint density at radius 2 is 2.10 bits per heavy atom. The van der Waals surface area contributed by atoms with Crippen LogP contribution in [-0.2, 0) is 11.3 Å². The zero-order valence-electron chi connectivity index (χ0n) is 16.5. The Labute approximate surface area is 171 Å². The molecule has 2 atom stereocenters. The van der Waals surface area contributed by atoms with Gasteiger partial charge in [-0.15, -0.1) is 10.2 Å². The molecule has 2 heterocycles. The van der Waals surface area contributed by atoms with Crippen LogP contribution in [0, 0.1) is 12.7 Å². The van der Waals surface area contributed by atoms with E-state index in [9.17, 15) is 9.18 Å². The standard InChI is InChI=1S/C19H22FN5O3S/c1-5-25-17(12(3)27-15-9-7-6-8-14(15)20)22-23-19(25)29-13(4)18(26)21-16-10-11(2)28-24-16/h6-10,12-13H,5H2,1-4H3,(H,21,24,26). The Morgan fingerprint density at radius 1 is 1.34 bits per heavy atom. The van der Waals surface area contributed by atoms with Gasteiger partial charge in [-0.1, -0.05) is 29.1 Å². The molecular weight excluding hydrogens is 397 g/mol. The minimum absolute atomic E-state index is 0.149. The largest absolute Gasteiger partial charge is 0.480 e. The minimum atomic E-state index is -0.518. The molecule has 3 rings (SSSR count). The Morgan fingerprint density at radius 3 is 2.76 bits per heavy atom. The molecule has 154 valence electrons. The van der Waals surface area contributed by atoms with Gasteiger partial charge in [-0.05, 0) is 39.8 Å². The van der Waals surface area contributed by atoms with E-state index < -0.39 is 17.2 Å². The van der Waals surface area contributed by atoms with Gasteiger partial charge in [-0.3, -0.25) is 4.79 Å². The minimum Gasteiger partial charge on any atom is -0.480 e. The van der Waals surface area contributed by atoms with E-state index in [4.69, 9.17) is 9.26 Å². The summed E-state index contributed by atoms with van der Waals surface area (Å²) < 4.78 is 26.4. The van der Waals surface area contributed by atoms with Gasteiger partial charge in [-0.25, -0.2) is 4.39 Å². The highest BCUT2D eigenvalue weighted by atomic mass is 32.2. The summed E-state index contributed by atoms with van der Waals surface area (Å²) in [6.07, 6.45) is -0.518. The third-order valence-electron chi connectivity index (χ3n) is 4.10. The summed E-state index contributed by atoms with van der Waals surface area (Å²) in [5.41, 5.74) is 0. The first-order valence-electron chi connectivity index (χ1n) is 9.14. The summed E-state index contributed by atoms with van der Waals surface area (Å²) in [4.78, 5) is 12.4. The molecule has 2 aromatic heterocycles. The number of ether oxygens (including phenoxy) is 1. The Hall–Kier alpha value is -2.88. The quantitative estimate of drug-likeness (QED) is 0.552.